The number of aliphatic hydroxyl groups excluding tert-OH is 3. The molecule has 0 aromatic carbocycles. The highest BCUT2D eigenvalue weighted by atomic mass is 16.5. The Morgan fingerprint density at radius 3 is 2.32 bits per heavy atom. The topological polar surface area (TPSA) is 69.9 Å². The predicted octanol–water partition coefficient (Wildman–Crippen LogP) is 1.07. The second-order valence-electron chi connectivity index (χ2n) is 7.68. The molecule has 0 radical (unpaired) electrons. The van der Waals surface area contributed by atoms with Crippen LogP contribution in [0.1, 0.15) is 47.0 Å². The lowest BCUT2D eigenvalue weighted by Crippen LogP contribution is -2.69. The van der Waals surface area contributed by atoms with E-state index in [1.54, 1.807) is 0 Å². The molecule has 3 fully saturated rings. The second-order valence-corrected chi connectivity index (χ2v) is 7.68. The molecule has 3 aliphatic rings. The number of aliphatic hydroxyl groups is 3. The summed E-state index contributed by atoms with van der Waals surface area (Å²) < 4.78 is 6.44. The molecule has 2 aliphatic carbocycles. The van der Waals surface area contributed by atoms with Crippen LogP contribution in [-0.2, 0) is 4.74 Å². The lowest BCUT2D eigenvalue weighted by molar-refractivity contribution is -0.276. The van der Waals surface area contributed by atoms with Crippen molar-refractivity contribution in [2.45, 2.75) is 76.5 Å². The highest BCUT2D eigenvalue weighted by molar-refractivity contribution is 5.21. The molecule has 1 saturated heterocycles. The molecule has 3 rings (SSSR count). The summed E-state index contributed by atoms with van der Waals surface area (Å²) in [5.74, 6) is 0.454. The molecule has 7 atom stereocenters. The summed E-state index contributed by atoms with van der Waals surface area (Å²) in [6.07, 6.45) is -0.273. The van der Waals surface area contributed by atoms with Crippen LogP contribution in [0.15, 0.2) is 0 Å². The molecular weight excluding hydrogens is 244 g/mol. The third-order valence-corrected chi connectivity index (χ3v) is 6.46. The van der Waals surface area contributed by atoms with Crippen molar-refractivity contribution in [3.63, 3.8) is 0 Å². The van der Waals surface area contributed by atoms with E-state index in [1.807, 2.05) is 6.92 Å². The van der Waals surface area contributed by atoms with E-state index in [9.17, 15) is 15.3 Å². The van der Waals surface area contributed by atoms with Crippen LogP contribution >= 0.6 is 0 Å². The Morgan fingerprint density at radius 2 is 1.68 bits per heavy atom. The first-order valence-electron chi connectivity index (χ1n) is 7.39. The first-order valence-corrected chi connectivity index (χ1v) is 7.39. The third kappa shape index (κ3) is 1.44. The number of hydrogen-bond donors (Lipinski definition) is 3. The SMILES string of the molecule is C[C@@H]1C[C@@H](O)[C@@H](O)[C@@]2(C)[C@@H](O)C[C@@H]3C[C@]12OC3(C)C. The quantitative estimate of drug-likeness (QED) is 0.616. The Kier molecular flexibility index (Phi) is 2.71. The fourth-order valence-corrected chi connectivity index (χ4v) is 5.06. The summed E-state index contributed by atoms with van der Waals surface area (Å²) in [5, 5.41) is 31.2. The fraction of sp³-hybridized carbons (Fsp3) is 1.00. The highest BCUT2D eigenvalue weighted by Crippen LogP contribution is 2.65. The highest BCUT2D eigenvalue weighted by Gasteiger charge is 2.72. The molecule has 1 spiro atoms. The van der Waals surface area contributed by atoms with Gasteiger partial charge in [0.1, 0.15) is 0 Å². The second kappa shape index (κ2) is 3.73. The standard InChI is InChI=1S/C15H26O4/c1-8-5-10(16)12(18)14(4)11(17)6-9-7-15(8,14)19-13(9,2)3/h8-12,16-18H,5-7H2,1-4H3/t8-,9-,10-,11+,12-,14-,15+/m1/s1. The van der Waals surface area contributed by atoms with Crippen LogP contribution < -0.4 is 0 Å². The first-order chi connectivity index (χ1) is 8.65. The van der Waals surface area contributed by atoms with Gasteiger partial charge in [0.15, 0.2) is 0 Å². The monoisotopic (exact) mass is 270 g/mol. The van der Waals surface area contributed by atoms with Gasteiger partial charge in [0.05, 0.1) is 34.9 Å². The lowest BCUT2D eigenvalue weighted by atomic mass is 9.50. The van der Waals surface area contributed by atoms with E-state index < -0.39 is 29.3 Å². The fourth-order valence-electron chi connectivity index (χ4n) is 5.06. The van der Waals surface area contributed by atoms with E-state index in [1.165, 1.54) is 0 Å². The maximum atomic E-state index is 10.6. The normalized spacial score (nSPS) is 59.8. The summed E-state index contributed by atoms with van der Waals surface area (Å²) in [4.78, 5) is 0. The zero-order chi connectivity index (χ0) is 14.2. The average molecular weight is 270 g/mol. The van der Waals surface area contributed by atoms with Gasteiger partial charge in [-0.3, -0.25) is 0 Å². The molecule has 2 bridgehead atoms. The predicted molar refractivity (Wildman–Crippen MR) is 70.5 cm³/mol. The van der Waals surface area contributed by atoms with E-state index in [4.69, 9.17) is 4.74 Å². The number of fused-ring (bicyclic) bond motifs is 1. The van der Waals surface area contributed by atoms with Gasteiger partial charge >= 0.3 is 0 Å². The van der Waals surface area contributed by atoms with Crippen molar-refractivity contribution < 1.29 is 20.1 Å². The van der Waals surface area contributed by atoms with Gasteiger partial charge in [0.2, 0.25) is 0 Å². The van der Waals surface area contributed by atoms with E-state index in [0.29, 0.717) is 18.8 Å². The third-order valence-electron chi connectivity index (χ3n) is 6.46. The largest absolute Gasteiger partial charge is 0.392 e. The van der Waals surface area contributed by atoms with Crippen LogP contribution in [0.2, 0.25) is 0 Å². The van der Waals surface area contributed by atoms with Crippen LogP contribution in [0, 0.1) is 17.3 Å². The van der Waals surface area contributed by atoms with Gasteiger partial charge in [0, 0.05) is 0 Å². The molecule has 1 heterocycles. The maximum Gasteiger partial charge on any atom is 0.0905 e. The van der Waals surface area contributed by atoms with Crippen molar-refractivity contribution in [2.75, 3.05) is 0 Å². The molecule has 3 N–H and O–H groups in total. The molecule has 0 aromatic heterocycles. The summed E-state index contributed by atoms with van der Waals surface area (Å²) in [6, 6.07) is 0. The molecule has 1 aliphatic heterocycles. The van der Waals surface area contributed by atoms with Gasteiger partial charge in [-0.05, 0) is 44.9 Å². The Bertz CT molecular complexity index is 396. The summed E-state index contributed by atoms with van der Waals surface area (Å²) in [5.41, 5.74) is -1.57. The minimum atomic E-state index is -0.923. The summed E-state index contributed by atoms with van der Waals surface area (Å²) in [7, 11) is 0. The van der Waals surface area contributed by atoms with E-state index in [0.717, 1.165) is 6.42 Å². The van der Waals surface area contributed by atoms with Gasteiger partial charge in [0.25, 0.3) is 0 Å². The molecule has 4 heteroatoms. The number of rotatable bonds is 0. The van der Waals surface area contributed by atoms with Crippen molar-refractivity contribution in [2.24, 2.45) is 17.3 Å². The lowest BCUT2D eigenvalue weighted by Gasteiger charge is -2.60. The average Bonchev–Trinajstić information content (AvgIpc) is 2.54. The molecule has 0 unspecified atom stereocenters. The van der Waals surface area contributed by atoms with Crippen molar-refractivity contribution >= 4 is 0 Å². The van der Waals surface area contributed by atoms with Crippen LogP contribution in [0.5, 0.6) is 0 Å². The van der Waals surface area contributed by atoms with Gasteiger partial charge in [-0.1, -0.05) is 13.8 Å². The van der Waals surface area contributed by atoms with E-state index >= 15 is 0 Å². The van der Waals surface area contributed by atoms with Crippen LogP contribution in [-0.4, -0.2) is 44.8 Å². The minimum absolute atomic E-state index is 0.134. The Balaban J connectivity index is 2.13. The Labute approximate surface area is 114 Å². The molecule has 0 aromatic rings. The maximum absolute atomic E-state index is 10.6. The van der Waals surface area contributed by atoms with Crippen LogP contribution in [0.4, 0.5) is 0 Å². The Morgan fingerprint density at radius 1 is 1.05 bits per heavy atom. The summed E-state index contributed by atoms with van der Waals surface area (Å²) >= 11 is 0. The smallest absolute Gasteiger partial charge is 0.0905 e. The van der Waals surface area contributed by atoms with Crippen molar-refractivity contribution in [3.8, 4) is 0 Å². The number of ether oxygens (including phenoxy) is 1. The molecule has 110 valence electrons. The van der Waals surface area contributed by atoms with Crippen molar-refractivity contribution in [1.29, 1.82) is 0 Å². The molecule has 4 nitrogen and oxygen atoms in total. The van der Waals surface area contributed by atoms with Gasteiger partial charge in [-0.25, -0.2) is 0 Å². The van der Waals surface area contributed by atoms with Crippen LogP contribution in [0.3, 0.4) is 0 Å². The molecule has 2 saturated carbocycles. The van der Waals surface area contributed by atoms with E-state index in [2.05, 4.69) is 20.8 Å². The van der Waals surface area contributed by atoms with Crippen LogP contribution in [0.25, 0.3) is 0 Å². The molecule has 0 amide bonds. The zero-order valence-corrected chi connectivity index (χ0v) is 12.3. The summed E-state index contributed by atoms with van der Waals surface area (Å²) in [6.45, 7) is 8.12. The first kappa shape index (κ1) is 13.8. The van der Waals surface area contributed by atoms with E-state index in [-0.39, 0.29) is 11.5 Å². The van der Waals surface area contributed by atoms with Gasteiger partial charge < -0.3 is 20.1 Å². The van der Waals surface area contributed by atoms with Gasteiger partial charge in [-0.15, -0.1) is 0 Å². The minimum Gasteiger partial charge on any atom is -0.392 e. The van der Waals surface area contributed by atoms with Crippen molar-refractivity contribution in [3.05, 3.63) is 0 Å². The Hall–Kier alpha value is -0.160. The number of hydrogen-bond acceptors (Lipinski definition) is 4. The zero-order valence-electron chi connectivity index (χ0n) is 12.3. The van der Waals surface area contributed by atoms with Crippen molar-refractivity contribution in [1.82, 2.24) is 0 Å². The molecule has 19 heavy (non-hydrogen) atoms. The van der Waals surface area contributed by atoms with Gasteiger partial charge in [-0.2, -0.15) is 0 Å². The molecular formula is C15H26O4.